The van der Waals surface area contributed by atoms with Crippen molar-refractivity contribution in [2.24, 2.45) is 70.0 Å². The van der Waals surface area contributed by atoms with Crippen molar-refractivity contribution in [3.63, 3.8) is 0 Å². The van der Waals surface area contributed by atoms with Crippen LogP contribution in [0.5, 0.6) is 0 Å². The van der Waals surface area contributed by atoms with Gasteiger partial charge in [-0.1, -0.05) is 159 Å². The molecule has 0 aromatic heterocycles. The summed E-state index contributed by atoms with van der Waals surface area (Å²) in [7, 11) is 0. The SMILES string of the molecule is CCCCCCC1CCCC(N(C2CCC(C)CC2)C2C3CCC(C(C)(C)C)CC3C(N(C3CCC(C)CC3)C3CCCC(CCCCCC)C3)C3CCC(C(C)(C)C)CC32)C1. The Labute approximate surface area is 389 Å². The molecule has 0 N–H and O–H groups in total. The number of nitrogens with zero attached hydrogens (tertiary/aromatic N) is 2. The third kappa shape index (κ3) is 12.3. The van der Waals surface area contributed by atoms with E-state index in [-0.39, 0.29) is 0 Å². The van der Waals surface area contributed by atoms with Gasteiger partial charge >= 0.3 is 0 Å². The summed E-state index contributed by atoms with van der Waals surface area (Å²) < 4.78 is 0. The summed E-state index contributed by atoms with van der Waals surface area (Å²) in [6.45, 7) is 25.9. The molecule has 62 heavy (non-hydrogen) atoms. The topological polar surface area (TPSA) is 6.48 Å². The van der Waals surface area contributed by atoms with Gasteiger partial charge in [0.2, 0.25) is 0 Å². The van der Waals surface area contributed by atoms with E-state index in [9.17, 15) is 0 Å². The van der Waals surface area contributed by atoms with Crippen LogP contribution in [0.4, 0.5) is 0 Å². The molecule has 0 bridgehead atoms. The lowest BCUT2D eigenvalue weighted by molar-refractivity contribution is -0.167. The van der Waals surface area contributed by atoms with Gasteiger partial charge in [-0.15, -0.1) is 0 Å². The predicted octanol–water partition coefficient (Wildman–Crippen LogP) is 17.7. The summed E-state index contributed by atoms with van der Waals surface area (Å²) >= 11 is 0. The summed E-state index contributed by atoms with van der Waals surface area (Å²) in [5.74, 6) is 9.19. The Morgan fingerprint density at radius 1 is 0.371 bits per heavy atom. The minimum absolute atomic E-state index is 0.416. The highest BCUT2D eigenvalue weighted by Crippen LogP contribution is 2.61. The van der Waals surface area contributed by atoms with Gasteiger partial charge in [0.15, 0.2) is 0 Å². The molecule has 7 fully saturated rings. The van der Waals surface area contributed by atoms with E-state index in [0.29, 0.717) is 10.8 Å². The van der Waals surface area contributed by atoms with E-state index in [1.165, 1.54) is 205 Å². The Morgan fingerprint density at radius 3 is 1.11 bits per heavy atom. The van der Waals surface area contributed by atoms with Crippen molar-refractivity contribution >= 4 is 0 Å². The van der Waals surface area contributed by atoms with E-state index >= 15 is 0 Å². The Kier molecular flexibility index (Phi) is 18.3. The van der Waals surface area contributed by atoms with Crippen LogP contribution in [0.3, 0.4) is 0 Å². The van der Waals surface area contributed by atoms with Gasteiger partial charge in [-0.3, -0.25) is 9.80 Å². The van der Waals surface area contributed by atoms with Gasteiger partial charge in [0.1, 0.15) is 0 Å². The number of hydrogen-bond donors (Lipinski definition) is 0. The average Bonchev–Trinajstić information content (AvgIpc) is 3.25. The lowest BCUT2D eigenvalue weighted by atomic mass is 9.49. The molecule has 2 heteroatoms. The van der Waals surface area contributed by atoms with Crippen molar-refractivity contribution in [3.8, 4) is 0 Å². The van der Waals surface area contributed by atoms with Gasteiger partial charge in [-0.2, -0.15) is 0 Å². The van der Waals surface area contributed by atoms with E-state index in [1.54, 1.807) is 0 Å². The fourth-order valence-electron chi connectivity index (χ4n) is 17.1. The van der Waals surface area contributed by atoms with Gasteiger partial charge < -0.3 is 0 Å². The molecule has 7 aliphatic carbocycles. The number of rotatable bonds is 16. The molecule has 0 aromatic carbocycles. The second-order valence-electron chi connectivity index (χ2n) is 27.2. The molecule has 0 spiro atoms. The highest BCUT2D eigenvalue weighted by Gasteiger charge is 2.60. The van der Waals surface area contributed by atoms with Crippen LogP contribution in [0.1, 0.15) is 275 Å². The molecular formula is C60H110N2. The first kappa shape index (κ1) is 49.8. The van der Waals surface area contributed by atoms with Crippen LogP contribution < -0.4 is 0 Å². The van der Waals surface area contributed by atoms with Crippen LogP contribution in [-0.2, 0) is 0 Å². The van der Waals surface area contributed by atoms with Crippen LogP contribution in [0.25, 0.3) is 0 Å². The Bertz CT molecular complexity index is 1180. The molecule has 7 rings (SSSR count). The fourth-order valence-corrected chi connectivity index (χ4v) is 17.1. The number of hydrogen-bond acceptors (Lipinski definition) is 2. The quantitative estimate of drug-likeness (QED) is 0.143. The maximum atomic E-state index is 3.55. The van der Waals surface area contributed by atoms with Crippen LogP contribution in [0.2, 0.25) is 0 Å². The summed E-state index contributed by atoms with van der Waals surface area (Å²) in [6.07, 6.45) is 47.8. The van der Waals surface area contributed by atoms with Crippen LogP contribution in [-0.4, -0.2) is 46.1 Å². The Hall–Kier alpha value is -0.0800. The van der Waals surface area contributed by atoms with Crippen LogP contribution >= 0.6 is 0 Å². The van der Waals surface area contributed by atoms with Crippen molar-refractivity contribution in [3.05, 3.63) is 0 Å². The summed E-state index contributed by atoms with van der Waals surface area (Å²) in [4.78, 5) is 7.11. The van der Waals surface area contributed by atoms with Crippen molar-refractivity contribution in [2.75, 3.05) is 0 Å². The third-order valence-corrected chi connectivity index (χ3v) is 20.9. The predicted molar refractivity (Wildman–Crippen MR) is 271 cm³/mol. The molecular weight excluding hydrogens is 749 g/mol. The van der Waals surface area contributed by atoms with E-state index < -0.39 is 0 Å². The average molecular weight is 860 g/mol. The Balaban J connectivity index is 1.30. The van der Waals surface area contributed by atoms with Crippen molar-refractivity contribution < 1.29 is 0 Å². The molecule has 12 atom stereocenters. The highest BCUT2D eigenvalue weighted by atomic mass is 15.3. The zero-order valence-electron chi connectivity index (χ0n) is 43.8. The van der Waals surface area contributed by atoms with Gasteiger partial charge in [0.05, 0.1) is 0 Å². The standard InChI is InChI=1S/C60H110N2/c1-11-13-15-17-21-45-23-19-25-51(39-45)61(49-33-27-43(3)28-34-49)57-53-37-31-48(60(8,9)10)42-56(53)58(54-38-32-47(41-55(54)57)59(5,6)7)62(50-35-29-44(4)30-36-50)52-26-20-24-46(40-52)22-18-16-14-12-2/h43-58H,11-42H2,1-10H3. The number of unbranched alkanes of at least 4 members (excludes halogenated alkanes) is 6. The zero-order valence-corrected chi connectivity index (χ0v) is 43.8. The van der Waals surface area contributed by atoms with E-state index in [1.807, 2.05) is 0 Å². The van der Waals surface area contributed by atoms with Crippen LogP contribution in [0.15, 0.2) is 0 Å². The molecule has 2 nitrogen and oxygen atoms in total. The van der Waals surface area contributed by atoms with Gasteiger partial charge in [-0.05, 0) is 186 Å². The van der Waals surface area contributed by atoms with Gasteiger partial charge in [-0.25, -0.2) is 0 Å². The normalized spacial score (nSPS) is 41.2. The van der Waals surface area contributed by atoms with Crippen molar-refractivity contribution in [1.29, 1.82) is 0 Å². The monoisotopic (exact) mass is 859 g/mol. The molecule has 0 aromatic rings. The maximum Gasteiger partial charge on any atom is 0.0164 e. The van der Waals surface area contributed by atoms with Gasteiger partial charge in [0, 0.05) is 36.3 Å². The van der Waals surface area contributed by atoms with E-state index in [4.69, 9.17) is 0 Å². The molecule has 0 saturated heterocycles. The second kappa shape index (κ2) is 22.8. The van der Waals surface area contributed by atoms with E-state index in [2.05, 4.69) is 79.0 Å². The smallest absolute Gasteiger partial charge is 0.0164 e. The lowest BCUT2D eigenvalue weighted by Gasteiger charge is -2.66. The molecule has 0 heterocycles. The second-order valence-corrected chi connectivity index (χ2v) is 27.2. The molecule has 7 aliphatic rings. The summed E-state index contributed by atoms with van der Waals surface area (Å²) in [5, 5.41) is 0. The Morgan fingerprint density at radius 2 is 0.758 bits per heavy atom. The largest absolute Gasteiger partial charge is 0.294 e. The maximum absolute atomic E-state index is 3.55. The van der Waals surface area contributed by atoms with E-state index in [0.717, 1.165) is 95.4 Å². The molecule has 7 saturated carbocycles. The molecule has 12 unspecified atom stereocenters. The minimum atomic E-state index is 0.416. The molecule has 0 radical (unpaired) electrons. The molecule has 0 aliphatic heterocycles. The molecule has 360 valence electrons. The van der Waals surface area contributed by atoms with Crippen molar-refractivity contribution in [1.82, 2.24) is 9.80 Å². The van der Waals surface area contributed by atoms with Crippen molar-refractivity contribution in [2.45, 2.75) is 311 Å². The lowest BCUT2D eigenvalue weighted by Crippen LogP contribution is -2.70. The first-order valence-corrected chi connectivity index (χ1v) is 29.3. The first-order valence-electron chi connectivity index (χ1n) is 29.3. The highest BCUT2D eigenvalue weighted by molar-refractivity contribution is 5.12. The van der Waals surface area contributed by atoms with Crippen LogP contribution in [0, 0.1) is 70.0 Å². The summed E-state index contributed by atoms with van der Waals surface area (Å²) in [5.41, 5.74) is 0.831. The minimum Gasteiger partial charge on any atom is -0.294 e. The first-order chi connectivity index (χ1) is 29.8. The molecule has 0 amide bonds. The fraction of sp³-hybridized carbons (Fsp3) is 1.00. The number of fused-ring (bicyclic) bond motifs is 2. The summed E-state index contributed by atoms with van der Waals surface area (Å²) in [6, 6.07) is 5.05. The zero-order chi connectivity index (χ0) is 44.0. The third-order valence-electron chi connectivity index (χ3n) is 20.9. The van der Waals surface area contributed by atoms with Gasteiger partial charge in [0.25, 0.3) is 0 Å².